The highest BCUT2D eigenvalue weighted by molar-refractivity contribution is 5.85. The van der Waals surface area contributed by atoms with E-state index in [1.165, 1.54) is 0 Å². The minimum Gasteiger partial charge on any atom is -0.354 e. The van der Waals surface area contributed by atoms with Gasteiger partial charge in [0.1, 0.15) is 0 Å². The van der Waals surface area contributed by atoms with Crippen molar-refractivity contribution in [3.05, 3.63) is 0 Å². The summed E-state index contributed by atoms with van der Waals surface area (Å²) >= 11 is 0. The maximum Gasteiger partial charge on any atom is 0.237 e. The molecular formula is C15H32ClN3O. The zero-order chi connectivity index (χ0) is 14.7. The van der Waals surface area contributed by atoms with Crippen molar-refractivity contribution in [1.82, 2.24) is 15.5 Å². The van der Waals surface area contributed by atoms with E-state index in [9.17, 15) is 4.79 Å². The van der Waals surface area contributed by atoms with Gasteiger partial charge < -0.3 is 15.5 Å². The summed E-state index contributed by atoms with van der Waals surface area (Å²) < 4.78 is 0. The van der Waals surface area contributed by atoms with Gasteiger partial charge in [-0.1, -0.05) is 27.7 Å². The first kappa shape index (κ1) is 19.7. The molecule has 0 aromatic heterocycles. The molecule has 1 aliphatic heterocycles. The summed E-state index contributed by atoms with van der Waals surface area (Å²) in [6.07, 6.45) is 2.27. The molecule has 1 unspecified atom stereocenters. The number of halogens is 1. The van der Waals surface area contributed by atoms with Crippen molar-refractivity contribution < 1.29 is 4.79 Å². The van der Waals surface area contributed by atoms with Crippen molar-refractivity contribution in [2.75, 3.05) is 33.7 Å². The number of nitrogens with one attached hydrogen (secondary N) is 2. The van der Waals surface area contributed by atoms with Crippen molar-refractivity contribution in [3.8, 4) is 0 Å². The Morgan fingerprint density at radius 2 is 2.00 bits per heavy atom. The fourth-order valence-corrected chi connectivity index (χ4v) is 3.00. The number of carbonyl (C=O) groups excluding carboxylic acids is 1. The highest BCUT2D eigenvalue weighted by atomic mass is 35.5. The van der Waals surface area contributed by atoms with Crippen molar-refractivity contribution >= 4 is 18.3 Å². The maximum absolute atomic E-state index is 12.4. The van der Waals surface area contributed by atoms with Crippen LogP contribution in [0.3, 0.4) is 0 Å². The normalized spacial score (nSPS) is 22.2. The van der Waals surface area contributed by atoms with Gasteiger partial charge in [-0.2, -0.15) is 0 Å². The van der Waals surface area contributed by atoms with E-state index in [2.05, 4.69) is 57.3 Å². The Hall–Kier alpha value is -0.320. The van der Waals surface area contributed by atoms with Crippen molar-refractivity contribution in [1.29, 1.82) is 0 Å². The molecule has 1 atom stereocenters. The molecular weight excluding hydrogens is 274 g/mol. The van der Waals surface area contributed by atoms with Crippen molar-refractivity contribution in [3.63, 3.8) is 0 Å². The second kappa shape index (κ2) is 7.62. The number of hydrogen-bond donors (Lipinski definition) is 2. The van der Waals surface area contributed by atoms with Crippen LogP contribution in [0.2, 0.25) is 0 Å². The van der Waals surface area contributed by atoms with E-state index in [0.29, 0.717) is 0 Å². The van der Waals surface area contributed by atoms with E-state index >= 15 is 0 Å². The first-order chi connectivity index (χ1) is 8.64. The van der Waals surface area contributed by atoms with E-state index in [0.717, 1.165) is 32.5 Å². The molecule has 1 amide bonds. The predicted molar refractivity (Wildman–Crippen MR) is 87.4 cm³/mol. The molecule has 120 valence electrons. The van der Waals surface area contributed by atoms with Crippen LogP contribution in [0.15, 0.2) is 0 Å². The van der Waals surface area contributed by atoms with Crippen molar-refractivity contribution in [2.24, 2.45) is 10.8 Å². The molecule has 1 saturated heterocycles. The van der Waals surface area contributed by atoms with E-state index in [-0.39, 0.29) is 35.2 Å². The Morgan fingerprint density at radius 3 is 2.50 bits per heavy atom. The molecule has 5 heteroatoms. The van der Waals surface area contributed by atoms with Gasteiger partial charge in [0.05, 0.1) is 6.04 Å². The van der Waals surface area contributed by atoms with E-state index in [1.54, 1.807) is 0 Å². The van der Waals surface area contributed by atoms with Gasteiger partial charge in [-0.3, -0.25) is 4.79 Å². The minimum absolute atomic E-state index is 0. The van der Waals surface area contributed by atoms with Crippen LogP contribution in [0.4, 0.5) is 0 Å². The fourth-order valence-electron chi connectivity index (χ4n) is 3.00. The van der Waals surface area contributed by atoms with Gasteiger partial charge in [-0.05, 0) is 44.3 Å². The van der Waals surface area contributed by atoms with Crippen LogP contribution in [0, 0.1) is 10.8 Å². The second-order valence-corrected chi connectivity index (χ2v) is 7.60. The van der Waals surface area contributed by atoms with Crippen LogP contribution in [0.5, 0.6) is 0 Å². The highest BCUT2D eigenvalue weighted by Gasteiger charge is 2.37. The topological polar surface area (TPSA) is 44.4 Å². The molecule has 0 aromatic carbocycles. The summed E-state index contributed by atoms with van der Waals surface area (Å²) in [6, 6.07) is -0.0589. The monoisotopic (exact) mass is 305 g/mol. The average Bonchev–Trinajstić information content (AvgIpc) is 2.23. The summed E-state index contributed by atoms with van der Waals surface area (Å²) in [5.74, 6) is 0.150. The Balaban J connectivity index is 0.00000361. The largest absolute Gasteiger partial charge is 0.354 e. The van der Waals surface area contributed by atoms with Crippen LogP contribution in [0.25, 0.3) is 0 Å². The quantitative estimate of drug-likeness (QED) is 0.815. The van der Waals surface area contributed by atoms with E-state index in [1.807, 2.05) is 0 Å². The smallest absolute Gasteiger partial charge is 0.237 e. The number of nitrogens with zero attached hydrogens (tertiary/aromatic N) is 1. The molecule has 0 aromatic rings. The zero-order valence-electron chi connectivity index (χ0n) is 13.9. The number of hydrogen-bond acceptors (Lipinski definition) is 3. The van der Waals surface area contributed by atoms with E-state index < -0.39 is 0 Å². The molecule has 0 saturated carbocycles. The van der Waals surface area contributed by atoms with Gasteiger partial charge in [-0.15, -0.1) is 12.4 Å². The number of amides is 1. The maximum atomic E-state index is 12.4. The number of piperidine rings is 1. The molecule has 0 radical (unpaired) electrons. The lowest BCUT2D eigenvalue weighted by Crippen LogP contribution is -2.56. The Morgan fingerprint density at radius 1 is 1.40 bits per heavy atom. The van der Waals surface area contributed by atoms with Crippen LogP contribution >= 0.6 is 12.4 Å². The van der Waals surface area contributed by atoms with Crippen LogP contribution < -0.4 is 10.6 Å². The number of rotatable bonds is 5. The average molecular weight is 306 g/mol. The van der Waals surface area contributed by atoms with Crippen LogP contribution in [-0.2, 0) is 4.79 Å². The molecule has 1 rings (SSSR count). The SMILES string of the molecule is CN(C)CC(C)(C)CNC(=O)C1NCCCC1(C)C.Cl. The van der Waals surface area contributed by atoms with Crippen LogP contribution in [0.1, 0.15) is 40.5 Å². The summed E-state index contributed by atoms with van der Waals surface area (Å²) in [5, 5.41) is 6.49. The summed E-state index contributed by atoms with van der Waals surface area (Å²) in [4.78, 5) is 14.5. The standard InChI is InChI=1S/C15H31N3O.ClH/c1-14(2,11-18(5)6)10-17-13(19)12-15(3,4)8-7-9-16-12;/h12,16H,7-11H2,1-6H3,(H,17,19);1H. The number of carbonyl (C=O) groups is 1. The fraction of sp³-hybridized carbons (Fsp3) is 0.933. The molecule has 0 aliphatic carbocycles. The summed E-state index contributed by atoms with van der Waals surface area (Å²) in [7, 11) is 4.13. The van der Waals surface area contributed by atoms with Gasteiger partial charge >= 0.3 is 0 Å². The third-order valence-electron chi connectivity index (χ3n) is 3.88. The van der Waals surface area contributed by atoms with Gasteiger partial charge in [-0.25, -0.2) is 0 Å². The highest BCUT2D eigenvalue weighted by Crippen LogP contribution is 2.30. The summed E-state index contributed by atoms with van der Waals surface area (Å²) in [5.41, 5.74) is 0.145. The van der Waals surface area contributed by atoms with Crippen molar-refractivity contribution in [2.45, 2.75) is 46.6 Å². The van der Waals surface area contributed by atoms with Crippen LogP contribution in [-0.4, -0.2) is 50.6 Å². The predicted octanol–water partition coefficient (Wildman–Crippen LogP) is 1.89. The van der Waals surface area contributed by atoms with Gasteiger partial charge in [0.25, 0.3) is 0 Å². The van der Waals surface area contributed by atoms with Gasteiger partial charge in [0.2, 0.25) is 5.91 Å². The Labute approximate surface area is 130 Å². The molecule has 20 heavy (non-hydrogen) atoms. The minimum atomic E-state index is -0.0589. The van der Waals surface area contributed by atoms with Gasteiger partial charge in [0, 0.05) is 13.1 Å². The molecule has 1 aliphatic rings. The zero-order valence-corrected chi connectivity index (χ0v) is 14.7. The lowest BCUT2D eigenvalue weighted by atomic mass is 9.77. The Bertz CT molecular complexity index is 316. The first-order valence-electron chi connectivity index (χ1n) is 7.30. The molecule has 0 bridgehead atoms. The first-order valence-corrected chi connectivity index (χ1v) is 7.30. The molecule has 0 spiro atoms. The lowest BCUT2D eigenvalue weighted by molar-refractivity contribution is -0.127. The Kier molecular flexibility index (Phi) is 7.50. The third kappa shape index (κ3) is 5.98. The molecule has 1 fully saturated rings. The van der Waals surface area contributed by atoms with E-state index in [4.69, 9.17) is 0 Å². The van der Waals surface area contributed by atoms with Gasteiger partial charge in [0.15, 0.2) is 0 Å². The molecule has 2 N–H and O–H groups in total. The third-order valence-corrected chi connectivity index (χ3v) is 3.88. The second-order valence-electron chi connectivity index (χ2n) is 7.60. The molecule has 4 nitrogen and oxygen atoms in total. The summed E-state index contributed by atoms with van der Waals surface area (Å²) in [6.45, 7) is 11.4. The lowest BCUT2D eigenvalue weighted by Gasteiger charge is -2.39. The molecule has 1 heterocycles.